The predicted octanol–water partition coefficient (Wildman–Crippen LogP) is 13.5. The van der Waals surface area contributed by atoms with Gasteiger partial charge in [-0.1, -0.05) is 212 Å². The molecule has 286 valence electrons. The van der Waals surface area contributed by atoms with Crippen molar-refractivity contribution in [1.29, 1.82) is 0 Å². The van der Waals surface area contributed by atoms with Crippen LogP contribution < -0.4 is 5.32 Å². The highest BCUT2D eigenvalue weighted by atomic mass is 16.3. The molecule has 4 heteroatoms. The molecule has 2 unspecified atom stereocenters. The van der Waals surface area contributed by atoms with Gasteiger partial charge in [0.15, 0.2) is 0 Å². The molecular weight excluding hydrogens is 590 g/mol. The number of carbonyl (C=O) groups is 1. The smallest absolute Gasteiger partial charge is 0.220 e. The number of aliphatic hydroxyl groups excluding tert-OH is 2. The Morgan fingerprint density at radius 2 is 0.792 bits per heavy atom. The van der Waals surface area contributed by atoms with Crippen LogP contribution in [0.15, 0.2) is 12.2 Å². The summed E-state index contributed by atoms with van der Waals surface area (Å²) in [5, 5.41) is 23.2. The number of hydrogen-bond acceptors (Lipinski definition) is 3. The van der Waals surface area contributed by atoms with Crippen LogP contribution in [0.2, 0.25) is 0 Å². The molecule has 2 atom stereocenters. The number of hydrogen-bond donors (Lipinski definition) is 3. The summed E-state index contributed by atoms with van der Waals surface area (Å²) in [7, 11) is 0. The van der Waals surface area contributed by atoms with Crippen molar-refractivity contribution in [3.63, 3.8) is 0 Å². The van der Waals surface area contributed by atoms with E-state index in [0.717, 1.165) is 25.7 Å². The van der Waals surface area contributed by atoms with Gasteiger partial charge in [0.25, 0.3) is 0 Å². The minimum absolute atomic E-state index is 0.0311. The lowest BCUT2D eigenvalue weighted by atomic mass is 10.0. The molecule has 0 aliphatic carbocycles. The summed E-state index contributed by atoms with van der Waals surface area (Å²) in [6.45, 7) is 4.37. The van der Waals surface area contributed by atoms with E-state index in [2.05, 4.69) is 31.3 Å². The van der Waals surface area contributed by atoms with Gasteiger partial charge in [-0.25, -0.2) is 0 Å². The van der Waals surface area contributed by atoms with Crippen LogP contribution in [0.1, 0.15) is 245 Å². The molecule has 48 heavy (non-hydrogen) atoms. The number of amides is 1. The number of aliphatic hydroxyl groups is 2. The van der Waals surface area contributed by atoms with Crippen molar-refractivity contribution < 1.29 is 15.0 Å². The van der Waals surface area contributed by atoms with Crippen LogP contribution in [0, 0.1) is 0 Å². The maximum atomic E-state index is 12.4. The summed E-state index contributed by atoms with van der Waals surface area (Å²) < 4.78 is 0. The average molecular weight is 678 g/mol. The fourth-order valence-corrected chi connectivity index (χ4v) is 6.89. The largest absolute Gasteiger partial charge is 0.394 e. The summed E-state index contributed by atoms with van der Waals surface area (Å²) in [4.78, 5) is 12.4. The van der Waals surface area contributed by atoms with E-state index in [1.807, 2.05) is 0 Å². The Kier molecular flexibility index (Phi) is 39.8. The molecule has 0 bridgehead atoms. The van der Waals surface area contributed by atoms with Crippen LogP contribution in [0.25, 0.3) is 0 Å². The van der Waals surface area contributed by atoms with Crippen LogP contribution in [-0.2, 0) is 4.79 Å². The Morgan fingerprint density at radius 1 is 0.479 bits per heavy atom. The minimum Gasteiger partial charge on any atom is -0.394 e. The van der Waals surface area contributed by atoms with Crippen molar-refractivity contribution >= 4 is 5.91 Å². The van der Waals surface area contributed by atoms with E-state index in [0.29, 0.717) is 12.8 Å². The lowest BCUT2D eigenvalue weighted by molar-refractivity contribution is -0.123. The first-order chi connectivity index (χ1) is 23.7. The molecule has 4 nitrogen and oxygen atoms in total. The van der Waals surface area contributed by atoms with Crippen molar-refractivity contribution in [3.8, 4) is 0 Å². The Morgan fingerprint density at radius 3 is 1.15 bits per heavy atom. The summed E-state index contributed by atoms with van der Waals surface area (Å²) in [5.41, 5.74) is 0. The fourth-order valence-electron chi connectivity index (χ4n) is 6.89. The van der Waals surface area contributed by atoms with Crippen molar-refractivity contribution in [2.45, 2.75) is 257 Å². The first-order valence-electron chi connectivity index (χ1n) is 21.9. The average Bonchev–Trinajstić information content (AvgIpc) is 3.09. The third-order valence-corrected chi connectivity index (χ3v) is 10.3. The molecule has 0 radical (unpaired) electrons. The van der Waals surface area contributed by atoms with E-state index in [1.54, 1.807) is 0 Å². The first-order valence-corrected chi connectivity index (χ1v) is 21.9. The molecule has 0 aromatic rings. The Labute approximate surface area is 301 Å². The lowest BCUT2D eigenvalue weighted by Gasteiger charge is -2.22. The molecule has 1 amide bonds. The highest BCUT2D eigenvalue weighted by molar-refractivity contribution is 5.76. The van der Waals surface area contributed by atoms with Gasteiger partial charge in [-0.05, 0) is 38.5 Å². The molecule has 3 N–H and O–H groups in total. The second-order valence-corrected chi connectivity index (χ2v) is 15.1. The zero-order valence-corrected chi connectivity index (χ0v) is 32.8. The molecule has 0 aliphatic rings. The second kappa shape index (κ2) is 40.6. The second-order valence-electron chi connectivity index (χ2n) is 15.1. The Bertz CT molecular complexity index is 651. The molecule has 0 saturated heterocycles. The third kappa shape index (κ3) is 36.4. The quantitative estimate of drug-likeness (QED) is 0.0446. The molecule has 0 aromatic heterocycles. The van der Waals surface area contributed by atoms with Crippen molar-refractivity contribution in [2.24, 2.45) is 0 Å². The van der Waals surface area contributed by atoms with Crippen molar-refractivity contribution in [3.05, 3.63) is 12.2 Å². The highest BCUT2D eigenvalue weighted by Crippen LogP contribution is 2.16. The minimum atomic E-state index is -0.656. The molecular formula is C44H87NO3. The van der Waals surface area contributed by atoms with E-state index in [-0.39, 0.29) is 12.5 Å². The normalized spacial score (nSPS) is 13.0. The van der Waals surface area contributed by atoms with E-state index in [1.165, 1.54) is 193 Å². The third-order valence-electron chi connectivity index (χ3n) is 10.3. The monoisotopic (exact) mass is 678 g/mol. The van der Waals surface area contributed by atoms with Crippen LogP contribution in [0.4, 0.5) is 0 Å². The van der Waals surface area contributed by atoms with Gasteiger partial charge >= 0.3 is 0 Å². The molecule has 0 spiro atoms. The predicted molar refractivity (Wildman–Crippen MR) is 212 cm³/mol. The van der Waals surface area contributed by atoms with Crippen LogP contribution in [0.5, 0.6) is 0 Å². The van der Waals surface area contributed by atoms with Crippen molar-refractivity contribution in [1.82, 2.24) is 5.32 Å². The first kappa shape index (κ1) is 47.1. The van der Waals surface area contributed by atoms with Gasteiger partial charge in [0, 0.05) is 6.42 Å². The highest BCUT2D eigenvalue weighted by Gasteiger charge is 2.20. The molecule has 0 aromatic carbocycles. The van der Waals surface area contributed by atoms with Crippen LogP contribution in [0.3, 0.4) is 0 Å². The Balaban J connectivity index is 3.49. The number of carbonyl (C=O) groups excluding carboxylic acids is 1. The van der Waals surface area contributed by atoms with Crippen LogP contribution >= 0.6 is 0 Å². The van der Waals surface area contributed by atoms with Gasteiger partial charge in [0.1, 0.15) is 0 Å². The molecule has 0 saturated carbocycles. The summed E-state index contributed by atoms with van der Waals surface area (Å²) >= 11 is 0. The summed E-state index contributed by atoms with van der Waals surface area (Å²) in [6, 6.07) is -0.533. The standard InChI is InChI=1S/C44H87NO3/c1-3-5-7-9-11-13-15-17-19-20-21-22-23-24-26-28-30-32-34-36-38-40-44(48)45-42(41-46)43(47)39-37-35-33-31-29-27-25-18-16-14-12-10-8-6-4-2/h20-21,42-43,46-47H,3-19,22-41H2,1-2H3,(H,45,48)/b21-20-. The SMILES string of the molecule is CCCCCCCCCC/C=C\CCCCCCCCCCCC(=O)NC(CO)C(O)CCCCCCCCCCCCCCCCC. The fraction of sp³-hybridized carbons (Fsp3) is 0.932. The number of rotatable bonds is 40. The lowest BCUT2D eigenvalue weighted by Crippen LogP contribution is -2.45. The zero-order valence-electron chi connectivity index (χ0n) is 32.8. The van der Waals surface area contributed by atoms with Gasteiger partial charge in [-0.15, -0.1) is 0 Å². The number of nitrogens with one attached hydrogen (secondary N) is 1. The molecule has 0 heterocycles. The topological polar surface area (TPSA) is 69.6 Å². The zero-order chi connectivity index (χ0) is 35.0. The number of unbranched alkanes of at least 4 members (excludes halogenated alkanes) is 31. The van der Waals surface area contributed by atoms with Gasteiger partial charge in [-0.2, -0.15) is 0 Å². The number of allylic oxidation sites excluding steroid dienone is 2. The van der Waals surface area contributed by atoms with Crippen LogP contribution in [-0.4, -0.2) is 34.9 Å². The van der Waals surface area contributed by atoms with Gasteiger partial charge in [0.05, 0.1) is 18.8 Å². The Hall–Kier alpha value is -0.870. The van der Waals surface area contributed by atoms with E-state index in [9.17, 15) is 15.0 Å². The van der Waals surface area contributed by atoms with Gasteiger partial charge < -0.3 is 15.5 Å². The molecule has 0 rings (SSSR count). The summed E-state index contributed by atoms with van der Waals surface area (Å²) in [6.07, 6.45) is 50.0. The molecule has 0 aliphatic heterocycles. The summed E-state index contributed by atoms with van der Waals surface area (Å²) in [5.74, 6) is -0.0311. The molecule has 0 fully saturated rings. The van der Waals surface area contributed by atoms with Crippen molar-refractivity contribution in [2.75, 3.05) is 6.61 Å². The van der Waals surface area contributed by atoms with E-state index in [4.69, 9.17) is 0 Å². The van der Waals surface area contributed by atoms with E-state index >= 15 is 0 Å². The van der Waals surface area contributed by atoms with Gasteiger partial charge in [0.2, 0.25) is 5.91 Å². The maximum absolute atomic E-state index is 12.4. The van der Waals surface area contributed by atoms with E-state index < -0.39 is 12.1 Å². The maximum Gasteiger partial charge on any atom is 0.220 e. The van der Waals surface area contributed by atoms with Gasteiger partial charge in [-0.3, -0.25) is 4.79 Å².